The lowest BCUT2D eigenvalue weighted by Crippen LogP contribution is -2.39. The maximum atomic E-state index is 5.96. The van der Waals surface area contributed by atoms with Gasteiger partial charge in [-0.25, -0.2) is 0 Å². The molecule has 11 heavy (non-hydrogen) atoms. The van der Waals surface area contributed by atoms with Gasteiger partial charge < -0.3 is 11.1 Å². The minimum Gasteiger partial charge on any atom is -0.325 e. The standard InChI is InChI=1S/C9H22N2/c1-5-9(4,10)6-7-11-8(2)3/h8,11H,5-7,10H2,1-4H3. The first kappa shape index (κ1) is 10.9. The van der Waals surface area contributed by atoms with Gasteiger partial charge in [-0.2, -0.15) is 0 Å². The molecule has 0 aromatic rings. The van der Waals surface area contributed by atoms with Crippen LogP contribution in [0.4, 0.5) is 0 Å². The summed E-state index contributed by atoms with van der Waals surface area (Å²) in [5.74, 6) is 0. The molecular formula is C9H22N2. The number of rotatable bonds is 5. The van der Waals surface area contributed by atoms with Crippen molar-refractivity contribution in [2.75, 3.05) is 6.54 Å². The fraction of sp³-hybridized carbons (Fsp3) is 1.00. The molecule has 2 nitrogen and oxygen atoms in total. The van der Waals surface area contributed by atoms with Crippen LogP contribution in [-0.2, 0) is 0 Å². The molecule has 0 aliphatic carbocycles. The van der Waals surface area contributed by atoms with Crippen LogP contribution >= 0.6 is 0 Å². The Kier molecular flexibility index (Phi) is 4.69. The highest BCUT2D eigenvalue weighted by molar-refractivity contribution is 4.77. The summed E-state index contributed by atoms with van der Waals surface area (Å²) in [6.07, 6.45) is 2.11. The average Bonchev–Trinajstić information content (AvgIpc) is 1.87. The molecular weight excluding hydrogens is 136 g/mol. The summed E-state index contributed by atoms with van der Waals surface area (Å²) >= 11 is 0. The largest absolute Gasteiger partial charge is 0.325 e. The Morgan fingerprint density at radius 2 is 2.00 bits per heavy atom. The normalized spacial score (nSPS) is 16.9. The highest BCUT2D eigenvalue weighted by Gasteiger charge is 2.14. The third-order valence-electron chi connectivity index (χ3n) is 2.06. The summed E-state index contributed by atoms with van der Waals surface area (Å²) in [6, 6.07) is 0.572. The summed E-state index contributed by atoms with van der Waals surface area (Å²) in [6.45, 7) is 9.57. The van der Waals surface area contributed by atoms with Crippen molar-refractivity contribution in [3.05, 3.63) is 0 Å². The SMILES string of the molecule is CCC(C)(N)CCNC(C)C. The first-order valence-corrected chi connectivity index (χ1v) is 4.50. The van der Waals surface area contributed by atoms with Gasteiger partial charge >= 0.3 is 0 Å². The number of nitrogens with two attached hydrogens (primary N) is 1. The van der Waals surface area contributed by atoms with Crippen LogP contribution in [0.3, 0.4) is 0 Å². The molecule has 3 N–H and O–H groups in total. The lowest BCUT2D eigenvalue weighted by Gasteiger charge is -2.23. The molecule has 0 bridgehead atoms. The first-order chi connectivity index (χ1) is 4.98. The monoisotopic (exact) mass is 158 g/mol. The Balaban J connectivity index is 3.38. The van der Waals surface area contributed by atoms with Crippen molar-refractivity contribution in [3.8, 4) is 0 Å². The maximum absolute atomic E-state index is 5.96. The van der Waals surface area contributed by atoms with Crippen molar-refractivity contribution in [1.82, 2.24) is 5.32 Å². The number of hydrogen-bond acceptors (Lipinski definition) is 2. The Labute approximate surface area is 70.5 Å². The predicted octanol–water partition coefficient (Wildman–Crippen LogP) is 1.50. The van der Waals surface area contributed by atoms with E-state index in [2.05, 4.69) is 33.0 Å². The zero-order chi connectivity index (χ0) is 8.91. The van der Waals surface area contributed by atoms with Gasteiger partial charge in [0.05, 0.1) is 0 Å². The molecule has 0 aromatic carbocycles. The van der Waals surface area contributed by atoms with E-state index in [9.17, 15) is 0 Å². The Morgan fingerprint density at radius 3 is 2.36 bits per heavy atom. The summed E-state index contributed by atoms with van der Waals surface area (Å²) in [5, 5.41) is 3.36. The van der Waals surface area contributed by atoms with Crippen LogP contribution in [0.2, 0.25) is 0 Å². The molecule has 1 atom stereocenters. The molecule has 1 unspecified atom stereocenters. The fourth-order valence-corrected chi connectivity index (χ4v) is 0.823. The van der Waals surface area contributed by atoms with E-state index in [1.807, 2.05) is 0 Å². The Hall–Kier alpha value is -0.0800. The average molecular weight is 158 g/mol. The summed E-state index contributed by atoms with van der Waals surface area (Å²) < 4.78 is 0. The molecule has 0 amide bonds. The van der Waals surface area contributed by atoms with E-state index in [0.717, 1.165) is 19.4 Å². The van der Waals surface area contributed by atoms with Crippen molar-refractivity contribution in [1.29, 1.82) is 0 Å². The number of hydrogen-bond donors (Lipinski definition) is 2. The molecule has 0 spiro atoms. The topological polar surface area (TPSA) is 38.0 Å². The van der Waals surface area contributed by atoms with Crippen LogP contribution in [0.5, 0.6) is 0 Å². The smallest absolute Gasteiger partial charge is 0.0135 e. The molecule has 68 valence electrons. The van der Waals surface area contributed by atoms with Gasteiger partial charge in [-0.15, -0.1) is 0 Å². The van der Waals surface area contributed by atoms with Crippen LogP contribution in [-0.4, -0.2) is 18.1 Å². The third-order valence-corrected chi connectivity index (χ3v) is 2.06. The van der Waals surface area contributed by atoms with E-state index in [1.54, 1.807) is 0 Å². The Bertz CT molecular complexity index is 97.7. The second-order valence-electron chi connectivity index (χ2n) is 3.87. The van der Waals surface area contributed by atoms with Crippen LogP contribution in [0.25, 0.3) is 0 Å². The molecule has 0 rings (SSSR count). The van der Waals surface area contributed by atoms with Crippen LogP contribution in [0.15, 0.2) is 0 Å². The van der Waals surface area contributed by atoms with Crippen LogP contribution in [0.1, 0.15) is 40.5 Å². The van der Waals surface area contributed by atoms with E-state index in [1.165, 1.54) is 0 Å². The Morgan fingerprint density at radius 1 is 1.45 bits per heavy atom. The van der Waals surface area contributed by atoms with Crippen molar-refractivity contribution >= 4 is 0 Å². The summed E-state index contributed by atoms with van der Waals surface area (Å²) in [5.41, 5.74) is 5.98. The molecule has 0 aliphatic heterocycles. The van der Waals surface area contributed by atoms with E-state index in [0.29, 0.717) is 6.04 Å². The predicted molar refractivity (Wildman–Crippen MR) is 50.6 cm³/mol. The van der Waals surface area contributed by atoms with E-state index >= 15 is 0 Å². The molecule has 0 radical (unpaired) electrons. The van der Waals surface area contributed by atoms with Crippen molar-refractivity contribution in [2.24, 2.45) is 5.73 Å². The van der Waals surface area contributed by atoms with Gasteiger partial charge in [0.2, 0.25) is 0 Å². The highest BCUT2D eigenvalue weighted by atomic mass is 14.9. The maximum Gasteiger partial charge on any atom is 0.0135 e. The van der Waals surface area contributed by atoms with Gasteiger partial charge in [0, 0.05) is 11.6 Å². The van der Waals surface area contributed by atoms with E-state index in [4.69, 9.17) is 5.73 Å². The highest BCUT2D eigenvalue weighted by Crippen LogP contribution is 2.08. The van der Waals surface area contributed by atoms with Crippen LogP contribution in [0, 0.1) is 0 Å². The van der Waals surface area contributed by atoms with Gasteiger partial charge in [-0.3, -0.25) is 0 Å². The molecule has 0 saturated heterocycles. The molecule has 0 aromatic heterocycles. The van der Waals surface area contributed by atoms with Gasteiger partial charge in [0.25, 0.3) is 0 Å². The van der Waals surface area contributed by atoms with Crippen LogP contribution < -0.4 is 11.1 Å². The molecule has 0 fully saturated rings. The van der Waals surface area contributed by atoms with Gasteiger partial charge in [-0.1, -0.05) is 20.8 Å². The molecule has 0 saturated carbocycles. The number of nitrogens with one attached hydrogen (secondary N) is 1. The molecule has 0 heterocycles. The van der Waals surface area contributed by atoms with E-state index in [-0.39, 0.29) is 5.54 Å². The zero-order valence-electron chi connectivity index (χ0n) is 8.28. The van der Waals surface area contributed by atoms with Gasteiger partial charge in [-0.05, 0) is 26.3 Å². The first-order valence-electron chi connectivity index (χ1n) is 4.50. The second-order valence-corrected chi connectivity index (χ2v) is 3.87. The second kappa shape index (κ2) is 4.73. The lowest BCUT2D eigenvalue weighted by atomic mass is 9.96. The lowest BCUT2D eigenvalue weighted by molar-refractivity contribution is 0.396. The quantitative estimate of drug-likeness (QED) is 0.636. The van der Waals surface area contributed by atoms with E-state index < -0.39 is 0 Å². The van der Waals surface area contributed by atoms with Crippen molar-refractivity contribution in [3.63, 3.8) is 0 Å². The van der Waals surface area contributed by atoms with Gasteiger partial charge in [0.1, 0.15) is 0 Å². The third kappa shape index (κ3) is 6.32. The van der Waals surface area contributed by atoms with Gasteiger partial charge in [0.15, 0.2) is 0 Å². The zero-order valence-corrected chi connectivity index (χ0v) is 8.28. The minimum atomic E-state index is 0.0158. The summed E-state index contributed by atoms with van der Waals surface area (Å²) in [7, 11) is 0. The van der Waals surface area contributed by atoms with Crippen molar-refractivity contribution < 1.29 is 0 Å². The fourth-order valence-electron chi connectivity index (χ4n) is 0.823. The molecule has 0 aliphatic rings. The summed E-state index contributed by atoms with van der Waals surface area (Å²) in [4.78, 5) is 0. The van der Waals surface area contributed by atoms with Crippen molar-refractivity contribution in [2.45, 2.75) is 52.1 Å². The molecule has 2 heteroatoms. The minimum absolute atomic E-state index is 0.0158.